The van der Waals surface area contributed by atoms with E-state index in [2.05, 4.69) is 40.4 Å². The van der Waals surface area contributed by atoms with Crippen LogP contribution in [0.25, 0.3) is 5.65 Å². The van der Waals surface area contributed by atoms with Crippen LogP contribution in [0.5, 0.6) is 0 Å². The van der Waals surface area contributed by atoms with Crippen LogP contribution in [0.2, 0.25) is 0 Å². The van der Waals surface area contributed by atoms with Gasteiger partial charge >= 0.3 is 0 Å². The lowest BCUT2D eigenvalue weighted by Crippen LogP contribution is -2.43. The molecular formula is C16H25N5. The molecule has 2 aromatic heterocycles. The monoisotopic (exact) mass is 287 g/mol. The van der Waals surface area contributed by atoms with E-state index in [1.54, 1.807) is 0 Å². The predicted octanol–water partition coefficient (Wildman–Crippen LogP) is 3.18. The van der Waals surface area contributed by atoms with Gasteiger partial charge in [0, 0.05) is 31.5 Å². The molecule has 2 aromatic rings. The maximum atomic E-state index is 4.85. The Bertz CT molecular complexity index is 606. The number of fused-ring (bicyclic) bond motifs is 1. The Labute approximate surface area is 126 Å². The highest BCUT2D eigenvalue weighted by atomic mass is 15.3. The van der Waals surface area contributed by atoms with Crippen LogP contribution in [0.15, 0.2) is 18.6 Å². The van der Waals surface area contributed by atoms with Gasteiger partial charge in [0.25, 0.3) is 0 Å². The molecule has 1 saturated heterocycles. The lowest BCUT2D eigenvalue weighted by Gasteiger charge is -2.38. The van der Waals surface area contributed by atoms with Crippen molar-refractivity contribution in [1.29, 1.82) is 0 Å². The smallest absolute Gasteiger partial charge is 0.180 e. The Hall–Kier alpha value is -1.78. The molecule has 21 heavy (non-hydrogen) atoms. The molecule has 2 unspecified atom stereocenters. The van der Waals surface area contributed by atoms with Gasteiger partial charge in [-0.15, -0.1) is 0 Å². The Morgan fingerprint density at radius 3 is 3.05 bits per heavy atom. The number of hydrogen-bond acceptors (Lipinski definition) is 4. The SMILES string of the molecule is CCCNc1cn2ccnc2c(N2CCCC(C)C2C)n1. The van der Waals surface area contributed by atoms with E-state index in [1.807, 2.05) is 18.6 Å². The zero-order valence-electron chi connectivity index (χ0n) is 13.2. The molecule has 1 fully saturated rings. The van der Waals surface area contributed by atoms with Crippen molar-refractivity contribution >= 4 is 17.3 Å². The first kappa shape index (κ1) is 14.2. The number of nitrogens with zero attached hydrogens (tertiary/aromatic N) is 4. The summed E-state index contributed by atoms with van der Waals surface area (Å²) in [7, 11) is 0. The summed E-state index contributed by atoms with van der Waals surface area (Å²) in [5.74, 6) is 2.64. The molecule has 0 saturated carbocycles. The van der Waals surface area contributed by atoms with Crippen molar-refractivity contribution in [2.45, 2.75) is 46.1 Å². The van der Waals surface area contributed by atoms with Crippen LogP contribution < -0.4 is 10.2 Å². The first-order valence-electron chi connectivity index (χ1n) is 8.05. The van der Waals surface area contributed by atoms with E-state index in [1.165, 1.54) is 12.8 Å². The van der Waals surface area contributed by atoms with Crippen LogP contribution in [0.4, 0.5) is 11.6 Å². The van der Waals surface area contributed by atoms with Gasteiger partial charge < -0.3 is 14.6 Å². The van der Waals surface area contributed by atoms with Crippen LogP contribution in [-0.4, -0.2) is 33.5 Å². The summed E-state index contributed by atoms with van der Waals surface area (Å²) < 4.78 is 2.08. The Kier molecular flexibility index (Phi) is 3.99. The highest BCUT2D eigenvalue weighted by Gasteiger charge is 2.27. The molecule has 2 atom stereocenters. The quantitative estimate of drug-likeness (QED) is 0.938. The molecule has 0 amide bonds. The topological polar surface area (TPSA) is 45.5 Å². The van der Waals surface area contributed by atoms with E-state index in [0.717, 1.165) is 36.8 Å². The molecule has 0 aliphatic carbocycles. The second kappa shape index (κ2) is 5.92. The number of anilines is 2. The van der Waals surface area contributed by atoms with E-state index in [0.29, 0.717) is 12.0 Å². The van der Waals surface area contributed by atoms with Crippen molar-refractivity contribution in [3.8, 4) is 0 Å². The number of piperidine rings is 1. The lowest BCUT2D eigenvalue weighted by molar-refractivity contribution is 0.362. The third-order valence-corrected chi connectivity index (χ3v) is 4.56. The maximum absolute atomic E-state index is 4.85. The fourth-order valence-corrected chi connectivity index (χ4v) is 3.08. The van der Waals surface area contributed by atoms with Crippen molar-refractivity contribution in [2.75, 3.05) is 23.3 Å². The molecule has 1 N–H and O–H groups in total. The van der Waals surface area contributed by atoms with Gasteiger partial charge in [0.05, 0.1) is 6.20 Å². The maximum Gasteiger partial charge on any atom is 0.180 e. The van der Waals surface area contributed by atoms with Crippen LogP contribution in [0.1, 0.15) is 40.0 Å². The summed E-state index contributed by atoms with van der Waals surface area (Å²) >= 11 is 0. The first-order chi connectivity index (χ1) is 10.2. The average molecular weight is 287 g/mol. The van der Waals surface area contributed by atoms with Crippen LogP contribution in [0.3, 0.4) is 0 Å². The highest BCUT2D eigenvalue weighted by Crippen LogP contribution is 2.30. The summed E-state index contributed by atoms with van der Waals surface area (Å²) in [5.41, 5.74) is 0.956. The summed E-state index contributed by atoms with van der Waals surface area (Å²) in [6.07, 6.45) is 9.50. The van der Waals surface area contributed by atoms with Gasteiger partial charge in [-0.2, -0.15) is 0 Å². The average Bonchev–Trinajstić information content (AvgIpc) is 2.95. The molecular weight excluding hydrogens is 262 g/mol. The number of imidazole rings is 1. The molecule has 5 nitrogen and oxygen atoms in total. The number of nitrogens with one attached hydrogen (secondary N) is 1. The second-order valence-electron chi connectivity index (χ2n) is 6.09. The molecule has 0 bridgehead atoms. The molecule has 0 radical (unpaired) electrons. The van der Waals surface area contributed by atoms with E-state index in [9.17, 15) is 0 Å². The minimum absolute atomic E-state index is 0.508. The highest BCUT2D eigenvalue weighted by molar-refractivity contribution is 5.67. The van der Waals surface area contributed by atoms with Crippen molar-refractivity contribution in [3.05, 3.63) is 18.6 Å². The van der Waals surface area contributed by atoms with Gasteiger partial charge in [0.1, 0.15) is 5.82 Å². The molecule has 0 aromatic carbocycles. The van der Waals surface area contributed by atoms with Gasteiger partial charge in [-0.3, -0.25) is 0 Å². The fourth-order valence-electron chi connectivity index (χ4n) is 3.08. The predicted molar refractivity (Wildman–Crippen MR) is 87.0 cm³/mol. The van der Waals surface area contributed by atoms with Crippen LogP contribution in [-0.2, 0) is 0 Å². The lowest BCUT2D eigenvalue weighted by atomic mass is 9.92. The Morgan fingerprint density at radius 1 is 1.38 bits per heavy atom. The van der Waals surface area contributed by atoms with Gasteiger partial charge in [-0.25, -0.2) is 9.97 Å². The fraction of sp³-hybridized carbons (Fsp3) is 0.625. The van der Waals surface area contributed by atoms with E-state index >= 15 is 0 Å². The number of rotatable bonds is 4. The molecule has 0 spiro atoms. The number of hydrogen-bond donors (Lipinski definition) is 1. The molecule has 1 aliphatic rings. The van der Waals surface area contributed by atoms with Crippen molar-refractivity contribution in [2.24, 2.45) is 5.92 Å². The van der Waals surface area contributed by atoms with E-state index < -0.39 is 0 Å². The molecule has 114 valence electrons. The zero-order valence-corrected chi connectivity index (χ0v) is 13.2. The van der Waals surface area contributed by atoms with Crippen LogP contribution in [0, 0.1) is 5.92 Å². The molecule has 3 heterocycles. The van der Waals surface area contributed by atoms with Gasteiger partial charge in [0.2, 0.25) is 0 Å². The molecule has 1 aliphatic heterocycles. The van der Waals surface area contributed by atoms with Gasteiger partial charge in [0.15, 0.2) is 11.5 Å². The first-order valence-corrected chi connectivity index (χ1v) is 8.05. The van der Waals surface area contributed by atoms with Gasteiger partial charge in [-0.05, 0) is 32.1 Å². The summed E-state index contributed by atoms with van der Waals surface area (Å²) in [4.78, 5) is 11.8. The molecule has 3 rings (SSSR count). The van der Waals surface area contributed by atoms with Gasteiger partial charge in [-0.1, -0.05) is 13.8 Å². The second-order valence-corrected chi connectivity index (χ2v) is 6.09. The minimum atomic E-state index is 0.508. The summed E-state index contributed by atoms with van der Waals surface area (Å²) in [5, 5.41) is 3.40. The van der Waals surface area contributed by atoms with Crippen molar-refractivity contribution < 1.29 is 0 Å². The third-order valence-electron chi connectivity index (χ3n) is 4.56. The normalized spacial score (nSPS) is 22.7. The minimum Gasteiger partial charge on any atom is -0.369 e. The van der Waals surface area contributed by atoms with E-state index in [4.69, 9.17) is 4.98 Å². The standard InChI is InChI=1S/C16H25N5/c1-4-7-17-14-11-20-10-8-18-15(20)16(19-14)21-9-5-6-12(2)13(21)3/h8,10-13,17H,4-7,9H2,1-3H3. The third kappa shape index (κ3) is 2.69. The van der Waals surface area contributed by atoms with Crippen LogP contribution >= 0.6 is 0 Å². The summed E-state index contributed by atoms with van der Waals surface area (Å²) in [6, 6.07) is 0.508. The summed E-state index contributed by atoms with van der Waals surface area (Å²) in [6.45, 7) is 8.81. The largest absolute Gasteiger partial charge is 0.369 e. The molecule has 5 heteroatoms. The van der Waals surface area contributed by atoms with Crippen molar-refractivity contribution in [3.63, 3.8) is 0 Å². The van der Waals surface area contributed by atoms with E-state index in [-0.39, 0.29) is 0 Å². The number of aromatic nitrogens is 3. The Morgan fingerprint density at radius 2 is 2.24 bits per heavy atom. The zero-order chi connectivity index (χ0) is 14.8. The Balaban J connectivity index is 2.00. The van der Waals surface area contributed by atoms with Crippen molar-refractivity contribution in [1.82, 2.24) is 14.4 Å².